The second kappa shape index (κ2) is 9.93. The molecule has 4 heterocycles. The molecule has 2 aromatic heterocycles. The van der Waals surface area contributed by atoms with Gasteiger partial charge in [0.15, 0.2) is 11.6 Å². The maximum atomic E-state index is 13.4. The van der Waals surface area contributed by atoms with Gasteiger partial charge in [-0.2, -0.15) is 16.9 Å². The van der Waals surface area contributed by atoms with Gasteiger partial charge < -0.3 is 4.90 Å². The molecule has 2 bridgehead atoms. The van der Waals surface area contributed by atoms with Crippen LogP contribution in [0.15, 0.2) is 30.5 Å². The lowest BCUT2D eigenvalue weighted by atomic mass is 10.0. The molecule has 1 N–H and O–H groups in total. The van der Waals surface area contributed by atoms with Crippen LogP contribution in [0.1, 0.15) is 30.3 Å². The fourth-order valence-corrected chi connectivity index (χ4v) is 7.49. The largest absolute Gasteiger partial charge is 0.391 e. The highest BCUT2D eigenvalue weighted by Crippen LogP contribution is 2.39. The van der Waals surface area contributed by atoms with Crippen molar-refractivity contribution in [1.29, 1.82) is 0 Å². The van der Waals surface area contributed by atoms with E-state index in [9.17, 15) is 39.6 Å². The molecule has 4 rings (SSSR count). The highest BCUT2D eigenvalue weighted by molar-refractivity contribution is 8.09. The van der Waals surface area contributed by atoms with Gasteiger partial charge in [0.2, 0.25) is 20.0 Å². The number of urea groups is 1. The van der Waals surface area contributed by atoms with Gasteiger partial charge in [0.05, 0.1) is 35.8 Å². The van der Waals surface area contributed by atoms with Crippen LogP contribution in [0, 0.1) is 5.92 Å². The van der Waals surface area contributed by atoms with Gasteiger partial charge in [-0.05, 0) is 24.6 Å². The summed E-state index contributed by atoms with van der Waals surface area (Å²) in [5.74, 6) is -2.79. The molecule has 1 fully saturated rings. The summed E-state index contributed by atoms with van der Waals surface area (Å²) in [5, 5.41) is 2.50. The van der Waals surface area contributed by atoms with E-state index < -0.39 is 50.4 Å². The molecule has 212 valence electrons. The number of sulfonamides is 2. The molecule has 0 radical (unpaired) electrons. The van der Waals surface area contributed by atoms with Crippen LogP contribution in [0.3, 0.4) is 0 Å². The molecule has 17 heteroatoms. The molecule has 2 amide bonds. The van der Waals surface area contributed by atoms with Crippen molar-refractivity contribution >= 4 is 54.9 Å². The molecule has 0 aliphatic carbocycles. The molecular formula is C22H25F3N6O6S2. The molecule has 1 saturated heterocycles. The molecule has 0 unspecified atom stereocenters. The van der Waals surface area contributed by atoms with E-state index in [2.05, 4.69) is 15.3 Å². The third-order valence-electron chi connectivity index (χ3n) is 6.30. The van der Waals surface area contributed by atoms with E-state index in [-0.39, 0.29) is 32.8 Å². The summed E-state index contributed by atoms with van der Waals surface area (Å²) in [4.78, 5) is 37.5. The monoisotopic (exact) mass is 590 g/mol. The normalized spacial score (nSPS) is 17.9. The second-order valence-corrected chi connectivity index (χ2v) is 13.3. The molecule has 2 aliphatic rings. The first kappa shape index (κ1) is 28.5. The summed E-state index contributed by atoms with van der Waals surface area (Å²) in [7, 11) is -8.49. The first-order chi connectivity index (χ1) is 18.0. The van der Waals surface area contributed by atoms with Crippen LogP contribution < -0.4 is 18.8 Å². The average Bonchev–Trinajstić information content (AvgIpc) is 3.20. The van der Waals surface area contributed by atoms with Gasteiger partial charge >= 0.3 is 12.2 Å². The van der Waals surface area contributed by atoms with Gasteiger partial charge in [-0.3, -0.25) is 15.0 Å². The van der Waals surface area contributed by atoms with E-state index in [0.717, 1.165) is 25.3 Å². The number of carbonyl (C=O) groups excluding carboxylic acids is 2. The fraction of sp³-hybridized carbons (Fsp3) is 0.455. The van der Waals surface area contributed by atoms with Gasteiger partial charge in [-0.1, -0.05) is 6.92 Å². The van der Waals surface area contributed by atoms with Crippen molar-refractivity contribution in [3.05, 3.63) is 36.2 Å². The number of carbonyl (C=O) groups is 2. The Labute approximate surface area is 222 Å². The first-order valence-corrected chi connectivity index (χ1v) is 15.3. The molecule has 0 saturated carbocycles. The molecule has 0 spiro atoms. The number of fused-ring (bicyclic) bond motifs is 4. The number of nitrogens with one attached hydrogen (secondary N) is 1. The van der Waals surface area contributed by atoms with Crippen molar-refractivity contribution < 1.29 is 39.6 Å². The molecule has 0 aromatic carbocycles. The van der Waals surface area contributed by atoms with E-state index >= 15 is 0 Å². The Morgan fingerprint density at radius 3 is 2.44 bits per heavy atom. The van der Waals surface area contributed by atoms with Gasteiger partial charge in [0.25, 0.3) is 0 Å². The number of alkyl halides is 3. The molecule has 2 aromatic rings. The topological polar surface area (TPSA) is 150 Å². The third-order valence-corrected chi connectivity index (χ3v) is 9.55. The van der Waals surface area contributed by atoms with Crippen molar-refractivity contribution in [2.45, 2.75) is 32.0 Å². The van der Waals surface area contributed by atoms with Crippen LogP contribution >= 0.6 is 0 Å². The molecule has 2 aliphatic heterocycles. The number of amides is 2. The molecule has 39 heavy (non-hydrogen) atoms. The Hall–Kier alpha value is -3.47. The summed E-state index contributed by atoms with van der Waals surface area (Å²) in [5.41, 5.74) is 0.0183. The van der Waals surface area contributed by atoms with Gasteiger partial charge in [-0.25, -0.2) is 31.6 Å². The number of anilines is 4. The van der Waals surface area contributed by atoms with E-state index in [1.807, 2.05) is 4.90 Å². The summed E-state index contributed by atoms with van der Waals surface area (Å²) in [6.45, 7) is 1.93. The minimum Gasteiger partial charge on any atom is -0.366 e. The maximum absolute atomic E-state index is 13.4. The SMILES string of the molecule is C[C@@H](CC(=O)c1ccc2c(n1)N(C(=O)Nc1cc(N(S(C)(=O)=O)S(C)(=O)=O)ccn1)[C@H]1CCN2C1)C(F)(F)F. The van der Waals surface area contributed by atoms with Crippen LogP contribution in [0.4, 0.5) is 41.0 Å². The smallest absolute Gasteiger partial charge is 0.366 e. The lowest BCUT2D eigenvalue weighted by Crippen LogP contribution is -2.48. The Balaban J connectivity index is 1.65. The summed E-state index contributed by atoms with van der Waals surface area (Å²) in [6.07, 6.45) is -2.27. The number of Topliss-reactive ketones (excluding diaryl/α,β-unsaturated/α-hetero) is 1. The third kappa shape index (κ3) is 5.93. The summed E-state index contributed by atoms with van der Waals surface area (Å²) >= 11 is 0. The number of halogens is 3. The summed E-state index contributed by atoms with van der Waals surface area (Å²) < 4.78 is 87.6. The van der Waals surface area contributed by atoms with Gasteiger partial charge in [0, 0.05) is 31.8 Å². The van der Waals surface area contributed by atoms with Crippen LogP contribution in [0.25, 0.3) is 0 Å². The van der Waals surface area contributed by atoms with E-state index in [1.165, 1.54) is 17.0 Å². The Morgan fingerprint density at radius 1 is 1.15 bits per heavy atom. The van der Waals surface area contributed by atoms with Crippen LogP contribution in [-0.2, 0) is 20.0 Å². The zero-order valence-corrected chi connectivity index (χ0v) is 22.6. The van der Waals surface area contributed by atoms with E-state index in [0.29, 0.717) is 37.7 Å². The van der Waals surface area contributed by atoms with Crippen molar-refractivity contribution in [2.24, 2.45) is 5.92 Å². The maximum Gasteiger partial charge on any atom is 0.391 e. The molecular weight excluding hydrogens is 565 g/mol. The minimum atomic E-state index is -4.55. The van der Waals surface area contributed by atoms with E-state index in [1.54, 1.807) is 0 Å². The fourth-order valence-electron chi connectivity index (χ4n) is 4.53. The zero-order valence-electron chi connectivity index (χ0n) is 21.0. The second-order valence-electron chi connectivity index (χ2n) is 9.42. The lowest BCUT2D eigenvalue weighted by Gasteiger charge is -2.35. The minimum absolute atomic E-state index is 0.0804. The van der Waals surface area contributed by atoms with Crippen LogP contribution in [0.2, 0.25) is 0 Å². The average molecular weight is 591 g/mol. The van der Waals surface area contributed by atoms with Crippen molar-refractivity contribution in [1.82, 2.24) is 9.97 Å². The van der Waals surface area contributed by atoms with Crippen molar-refractivity contribution in [3.63, 3.8) is 0 Å². The standard InChI is InChI=1S/C22H25F3N6O6S2/c1-13(22(23,24)25)10-18(32)16-4-5-17-20(27-16)30(15-7-9-29(17)12-15)21(33)28-19-11-14(6-8-26-19)31(38(2,34)35)39(3,36)37/h4-6,8,11,13,15H,7,9-10,12H2,1-3H3,(H,26,28,33)/t13-,15-/m0/s1. The molecule has 2 atom stereocenters. The lowest BCUT2D eigenvalue weighted by molar-refractivity contribution is -0.168. The number of hydrogen-bond acceptors (Lipinski definition) is 9. The zero-order chi connectivity index (χ0) is 28.9. The number of aromatic nitrogens is 2. The molecule has 12 nitrogen and oxygen atoms in total. The predicted molar refractivity (Wildman–Crippen MR) is 137 cm³/mol. The number of ketones is 1. The Morgan fingerprint density at radius 2 is 1.82 bits per heavy atom. The number of hydrogen-bond donors (Lipinski definition) is 1. The highest BCUT2D eigenvalue weighted by Gasteiger charge is 2.42. The Bertz CT molecular complexity index is 1500. The highest BCUT2D eigenvalue weighted by atomic mass is 32.3. The van der Waals surface area contributed by atoms with Gasteiger partial charge in [-0.15, -0.1) is 0 Å². The van der Waals surface area contributed by atoms with E-state index in [4.69, 9.17) is 0 Å². The quantitative estimate of drug-likeness (QED) is 0.480. The van der Waals surface area contributed by atoms with Crippen molar-refractivity contribution in [3.8, 4) is 0 Å². The predicted octanol–water partition coefficient (Wildman–Crippen LogP) is 2.60. The Kier molecular flexibility index (Phi) is 7.26. The number of rotatable bonds is 7. The van der Waals surface area contributed by atoms with Crippen LogP contribution in [-0.4, -0.2) is 76.4 Å². The number of nitrogens with zero attached hydrogens (tertiary/aromatic N) is 5. The van der Waals surface area contributed by atoms with Crippen LogP contribution in [0.5, 0.6) is 0 Å². The first-order valence-electron chi connectivity index (χ1n) is 11.6. The number of pyridine rings is 2. The summed E-state index contributed by atoms with van der Waals surface area (Å²) in [6, 6.07) is 3.94. The van der Waals surface area contributed by atoms with Crippen molar-refractivity contribution in [2.75, 3.05) is 44.4 Å². The van der Waals surface area contributed by atoms with Gasteiger partial charge in [0.1, 0.15) is 11.5 Å².